The van der Waals surface area contributed by atoms with Gasteiger partial charge in [0.2, 0.25) is 5.91 Å². The van der Waals surface area contributed by atoms with E-state index >= 15 is 0 Å². The number of carbonyl (C=O) groups is 2. The predicted molar refractivity (Wildman–Crippen MR) is 75.1 cm³/mol. The number of Topliss-reactive ketones (excluding diaryl/α,β-unsaturated/α-hetero) is 1. The van der Waals surface area contributed by atoms with Crippen LogP contribution in [0.2, 0.25) is 0 Å². The number of benzene rings is 1. The average molecular weight is 258 g/mol. The van der Waals surface area contributed by atoms with Gasteiger partial charge >= 0.3 is 0 Å². The van der Waals surface area contributed by atoms with Crippen molar-refractivity contribution in [1.29, 1.82) is 0 Å². The van der Waals surface area contributed by atoms with Gasteiger partial charge in [0.1, 0.15) is 0 Å². The van der Waals surface area contributed by atoms with Gasteiger partial charge in [0.15, 0.2) is 5.78 Å². The van der Waals surface area contributed by atoms with Crippen LogP contribution in [0.3, 0.4) is 0 Å². The first-order valence-corrected chi connectivity index (χ1v) is 6.27. The lowest BCUT2D eigenvalue weighted by Gasteiger charge is -2.20. The first-order valence-electron chi connectivity index (χ1n) is 6.27. The number of carbonyl (C=O) groups excluding carboxylic acids is 2. The normalized spacial score (nSPS) is 11.5. The van der Waals surface area contributed by atoms with Gasteiger partial charge in [-0.05, 0) is 26.8 Å². The summed E-state index contributed by atoms with van der Waals surface area (Å²) in [7, 11) is 0. The zero-order chi connectivity index (χ0) is 14.0. The second kappa shape index (κ2) is 4.88. The number of H-pyrrole nitrogens is 1. The molecule has 0 aliphatic rings. The van der Waals surface area contributed by atoms with Crippen molar-refractivity contribution < 1.29 is 9.59 Å². The Hall–Kier alpha value is -2.10. The molecule has 0 unspecified atom stereocenters. The maximum Gasteiger partial charge on any atom is 0.228 e. The molecule has 2 N–H and O–H groups in total. The van der Waals surface area contributed by atoms with Crippen molar-refractivity contribution >= 4 is 22.6 Å². The number of fused-ring (bicyclic) bond motifs is 1. The van der Waals surface area contributed by atoms with Crippen LogP contribution in [-0.2, 0) is 4.79 Å². The Morgan fingerprint density at radius 1 is 1.21 bits per heavy atom. The maximum absolute atomic E-state index is 12.1. The van der Waals surface area contributed by atoms with Crippen molar-refractivity contribution in [2.24, 2.45) is 0 Å². The van der Waals surface area contributed by atoms with Gasteiger partial charge in [0, 0.05) is 28.2 Å². The van der Waals surface area contributed by atoms with Crippen LogP contribution in [0.1, 0.15) is 37.6 Å². The fourth-order valence-electron chi connectivity index (χ4n) is 2.01. The van der Waals surface area contributed by atoms with E-state index in [4.69, 9.17) is 0 Å². The minimum atomic E-state index is -0.322. The number of rotatable bonds is 3. The van der Waals surface area contributed by atoms with Gasteiger partial charge in [0.25, 0.3) is 0 Å². The predicted octanol–water partition coefficient (Wildman–Crippen LogP) is 2.66. The highest BCUT2D eigenvalue weighted by Crippen LogP contribution is 2.19. The van der Waals surface area contributed by atoms with E-state index in [0.717, 1.165) is 10.9 Å². The summed E-state index contributed by atoms with van der Waals surface area (Å²) >= 11 is 0. The molecule has 1 aromatic heterocycles. The van der Waals surface area contributed by atoms with Crippen LogP contribution < -0.4 is 5.32 Å². The lowest BCUT2D eigenvalue weighted by Crippen LogP contribution is -2.41. The summed E-state index contributed by atoms with van der Waals surface area (Å²) < 4.78 is 0. The molecule has 4 heteroatoms. The van der Waals surface area contributed by atoms with Gasteiger partial charge in [-0.25, -0.2) is 0 Å². The van der Waals surface area contributed by atoms with Crippen LogP contribution in [0.15, 0.2) is 30.5 Å². The van der Waals surface area contributed by atoms with E-state index < -0.39 is 0 Å². The molecular weight excluding hydrogens is 240 g/mol. The van der Waals surface area contributed by atoms with Crippen molar-refractivity contribution in [1.82, 2.24) is 10.3 Å². The summed E-state index contributed by atoms with van der Waals surface area (Å²) in [5, 5.41) is 3.65. The third-order valence-electron chi connectivity index (χ3n) is 2.73. The molecule has 0 aliphatic heterocycles. The van der Waals surface area contributed by atoms with Crippen molar-refractivity contribution in [3.8, 4) is 0 Å². The lowest BCUT2D eigenvalue weighted by molar-refractivity contribution is -0.121. The van der Waals surface area contributed by atoms with Gasteiger partial charge in [-0.15, -0.1) is 0 Å². The first kappa shape index (κ1) is 13.3. The fraction of sp³-hybridized carbons (Fsp3) is 0.333. The number of nitrogens with one attached hydrogen (secondary N) is 2. The lowest BCUT2D eigenvalue weighted by atomic mass is 10.1. The molecule has 1 heterocycles. The molecule has 1 amide bonds. The molecule has 1 aromatic carbocycles. The topological polar surface area (TPSA) is 62.0 Å². The van der Waals surface area contributed by atoms with Gasteiger partial charge in [-0.2, -0.15) is 0 Å². The highest BCUT2D eigenvalue weighted by atomic mass is 16.2. The van der Waals surface area contributed by atoms with Gasteiger partial charge in [0.05, 0.1) is 6.42 Å². The second-order valence-electron chi connectivity index (χ2n) is 5.65. The highest BCUT2D eigenvalue weighted by molar-refractivity contribution is 6.14. The Kier molecular flexibility index (Phi) is 3.42. The Bertz CT molecular complexity index is 620. The summed E-state index contributed by atoms with van der Waals surface area (Å²) in [6.07, 6.45) is 1.54. The summed E-state index contributed by atoms with van der Waals surface area (Å²) in [4.78, 5) is 26.9. The van der Waals surface area contributed by atoms with E-state index in [1.807, 2.05) is 45.0 Å². The van der Waals surface area contributed by atoms with Crippen molar-refractivity contribution in [2.45, 2.75) is 32.7 Å². The largest absolute Gasteiger partial charge is 0.360 e. The molecule has 2 aromatic rings. The van der Waals surface area contributed by atoms with Gasteiger partial charge < -0.3 is 10.3 Å². The molecule has 0 atom stereocenters. The monoisotopic (exact) mass is 258 g/mol. The first-order chi connectivity index (χ1) is 8.87. The van der Waals surface area contributed by atoms with Gasteiger partial charge in [-0.3, -0.25) is 9.59 Å². The molecule has 2 rings (SSSR count). The van der Waals surface area contributed by atoms with Crippen molar-refractivity contribution in [2.75, 3.05) is 0 Å². The minimum Gasteiger partial charge on any atom is -0.360 e. The number of amides is 1. The molecule has 0 radical (unpaired) electrons. The van der Waals surface area contributed by atoms with Crippen LogP contribution in [0.25, 0.3) is 10.9 Å². The summed E-state index contributed by atoms with van der Waals surface area (Å²) in [5.74, 6) is -0.415. The Labute approximate surface area is 112 Å². The summed E-state index contributed by atoms with van der Waals surface area (Å²) in [6.45, 7) is 5.67. The van der Waals surface area contributed by atoms with E-state index in [9.17, 15) is 9.59 Å². The quantitative estimate of drug-likeness (QED) is 0.656. The molecule has 19 heavy (non-hydrogen) atoms. The Morgan fingerprint density at radius 3 is 2.58 bits per heavy atom. The fourth-order valence-corrected chi connectivity index (χ4v) is 2.01. The van der Waals surface area contributed by atoms with Crippen molar-refractivity contribution in [3.63, 3.8) is 0 Å². The smallest absolute Gasteiger partial charge is 0.228 e. The highest BCUT2D eigenvalue weighted by Gasteiger charge is 2.19. The van der Waals surface area contributed by atoms with E-state index in [2.05, 4.69) is 10.3 Å². The van der Waals surface area contributed by atoms with E-state index in [1.54, 1.807) is 6.20 Å². The molecule has 0 bridgehead atoms. The third-order valence-corrected chi connectivity index (χ3v) is 2.73. The number of ketones is 1. The average Bonchev–Trinajstić information content (AvgIpc) is 2.69. The number of hydrogen-bond acceptors (Lipinski definition) is 2. The number of aromatic amines is 1. The zero-order valence-corrected chi connectivity index (χ0v) is 11.4. The van der Waals surface area contributed by atoms with Crippen LogP contribution in [0.5, 0.6) is 0 Å². The molecule has 0 fully saturated rings. The second-order valence-corrected chi connectivity index (χ2v) is 5.65. The zero-order valence-electron chi connectivity index (χ0n) is 11.4. The molecule has 4 nitrogen and oxygen atoms in total. The van der Waals surface area contributed by atoms with Crippen LogP contribution in [0, 0.1) is 0 Å². The molecule has 0 saturated heterocycles. The van der Waals surface area contributed by atoms with Crippen LogP contribution >= 0.6 is 0 Å². The molecular formula is C15H18N2O2. The summed E-state index contributed by atoms with van der Waals surface area (Å²) in [6, 6.07) is 7.56. The number of para-hydroxylation sites is 1. The Morgan fingerprint density at radius 2 is 1.89 bits per heavy atom. The van der Waals surface area contributed by atoms with E-state index in [-0.39, 0.29) is 23.7 Å². The number of hydrogen-bond donors (Lipinski definition) is 2. The molecule has 0 aliphatic carbocycles. The molecule has 0 saturated carbocycles. The Balaban J connectivity index is 2.14. The minimum absolute atomic E-state index is 0.126. The van der Waals surface area contributed by atoms with E-state index in [1.165, 1.54) is 0 Å². The molecule has 100 valence electrons. The maximum atomic E-state index is 12.1. The van der Waals surface area contributed by atoms with E-state index in [0.29, 0.717) is 5.56 Å². The standard InChI is InChI=1S/C15H18N2O2/c1-15(2,3)17-14(19)8-13(18)11-9-16-12-7-5-4-6-10(11)12/h4-7,9,16H,8H2,1-3H3,(H,17,19). The third kappa shape index (κ3) is 3.22. The van der Waals surface area contributed by atoms with Gasteiger partial charge in [-0.1, -0.05) is 18.2 Å². The number of aromatic nitrogens is 1. The van der Waals surface area contributed by atoms with Crippen LogP contribution in [-0.4, -0.2) is 22.2 Å². The summed E-state index contributed by atoms with van der Waals surface area (Å²) in [5.41, 5.74) is 1.15. The van der Waals surface area contributed by atoms with Crippen molar-refractivity contribution in [3.05, 3.63) is 36.0 Å². The van der Waals surface area contributed by atoms with Crippen LogP contribution in [0.4, 0.5) is 0 Å². The SMILES string of the molecule is CC(C)(C)NC(=O)CC(=O)c1c[nH]c2ccccc12. The molecule has 0 spiro atoms.